The molecular weight excluding hydrogens is 389 g/mol. The van der Waals surface area contributed by atoms with Crippen molar-refractivity contribution >= 4 is 42.9 Å². The summed E-state index contributed by atoms with van der Waals surface area (Å²) in [4.78, 5) is 2.37. The van der Waals surface area contributed by atoms with Gasteiger partial charge in [0.2, 0.25) is 0 Å². The summed E-state index contributed by atoms with van der Waals surface area (Å²) in [7, 11) is 1.73. The third-order valence-corrected chi connectivity index (χ3v) is 6.29. The van der Waals surface area contributed by atoms with Gasteiger partial charge in [-0.3, -0.25) is 4.90 Å². The zero-order valence-corrected chi connectivity index (χ0v) is 16.1. The minimum Gasteiger partial charge on any atom is -0.298 e. The van der Waals surface area contributed by atoms with E-state index >= 15 is 0 Å². The van der Waals surface area contributed by atoms with E-state index in [-0.39, 0.29) is 10.8 Å². The first-order valence-electron chi connectivity index (χ1n) is 7.54. The van der Waals surface area contributed by atoms with Gasteiger partial charge in [0.1, 0.15) is 0 Å². The standard InChI is InChI=1S/C17H16Cl3NO2S/c1-2-21-9-15(11-4-3-5-13(6-11)24(20,22)23)14-7-12(18)8-17(19)16(14)10-21/h3-8,15H,2,9-10H2,1H3/t15-/m1/s1. The van der Waals surface area contributed by atoms with Crippen molar-refractivity contribution in [3.8, 4) is 0 Å². The quantitative estimate of drug-likeness (QED) is 0.684. The topological polar surface area (TPSA) is 37.4 Å². The SMILES string of the molecule is CCN1Cc2c(Cl)cc(Cl)cc2[C@@H](c2cccc(S(=O)(=O)Cl)c2)C1. The van der Waals surface area contributed by atoms with Crippen LogP contribution in [0.25, 0.3) is 0 Å². The fourth-order valence-corrected chi connectivity index (χ4v) is 4.53. The van der Waals surface area contributed by atoms with Crippen molar-refractivity contribution in [3.05, 3.63) is 63.1 Å². The Morgan fingerprint density at radius 1 is 1.21 bits per heavy atom. The summed E-state index contributed by atoms with van der Waals surface area (Å²) < 4.78 is 23.3. The van der Waals surface area contributed by atoms with Crippen LogP contribution in [-0.2, 0) is 15.6 Å². The van der Waals surface area contributed by atoms with E-state index in [2.05, 4.69) is 11.8 Å². The predicted molar refractivity (Wildman–Crippen MR) is 98.7 cm³/mol. The molecule has 0 fully saturated rings. The molecule has 0 bridgehead atoms. The predicted octanol–water partition coefficient (Wildman–Crippen LogP) is 4.89. The first kappa shape index (κ1) is 18.0. The third kappa shape index (κ3) is 3.58. The maximum Gasteiger partial charge on any atom is 0.261 e. The van der Waals surface area contributed by atoms with Gasteiger partial charge in [0.15, 0.2) is 0 Å². The molecule has 0 aromatic heterocycles. The van der Waals surface area contributed by atoms with Crippen LogP contribution in [-0.4, -0.2) is 26.4 Å². The molecule has 0 saturated heterocycles. The van der Waals surface area contributed by atoms with Crippen molar-refractivity contribution in [1.29, 1.82) is 0 Å². The van der Waals surface area contributed by atoms with Crippen LogP contribution < -0.4 is 0 Å². The number of hydrogen-bond donors (Lipinski definition) is 0. The van der Waals surface area contributed by atoms with Crippen molar-refractivity contribution in [2.75, 3.05) is 13.1 Å². The van der Waals surface area contributed by atoms with Gasteiger partial charge < -0.3 is 0 Å². The van der Waals surface area contributed by atoms with Crippen LogP contribution in [0.15, 0.2) is 41.3 Å². The van der Waals surface area contributed by atoms with Crippen LogP contribution in [0.3, 0.4) is 0 Å². The van der Waals surface area contributed by atoms with Crippen LogP contribution in [0.1, 0.15) is 29.5 Å². The lowest BCUT2D eigenvalue weighted by Crippen LogP contribution is -2.34. The molecule has 0 unspecified atom stereocenters. The summed E-state index contributed by atoms with van der Waals surface area (Å²) in [5.41, 5.74) is 2.97. The molecule has 0 aliphatic carbocycles. The number of benzene rings is 2. The highest BCUT2D eigenvalue weighted by Crippen LogP contribution is 2.39. The van der Waals surface area contributed by atoms with Crippen molar-refractivity contribution in [3.63, 3.8) is 0 Å². The van der Waals surface area contributed by atoms with Gasteiger partial charge in [-0.1, -0.05) is 42.3 Å². The van der Waals surface area contributed by atoms with Crippen LogP contribution >= 0.6 is 33.9 Å². The number of hydrogen-bond acceptors (Lipinski definition) is 3. The Kier molecular flexibility index (Phi) is 5.14. The van der Waals surface area contributed by atoms with Gasteiger partial charge >= 0.3 is 0 Å². The molecule has 24 heavy (non-hydrogen) atoms. The highest BCUT2D eigenvalue weighted by atomic mass is 35.7. The minimum absolute atomic E-state index is 0.0109. The summed E-state index contributed by atoms with van der Waals surface area (Å²) >= 11 is 12.6. The van der Waals surface area contributed by atoms with E-state index in [1.807, 2.05) is 12.1 Å². The molecule has 0 amide bonds. The minimum atomic E-state index is -3.77. The maximum atomic E-state index is 11.7. The zero-order chi connectivity index (χ0) is 17.5. The van der Waals surface area contributed by atoms with Gasteiger partial charge in [0, 0.05) is 39.7 Å². The van der Waals surface area contributed by atoms with Gasteiger partial charge in [-0.05, 0) is 47.5 Å². The Morgan fingerprint density at radius 2 is 1.96 bits per heavy atom. The van der Waals surface area contributed by atoms with Crippen molar-refractivity contribution in [2.45, 2.75) is 24.3 Å². The molecule has 0 radical (unpaired) electrons. The third-order valence-electron chi connectivity index (χ3n) is 4.38. The Bertz CT molecular complexity index is 883. The van der Waals surface area contributed by atoms with Crippen LogP contribution in [0, 0.1) is 0 Å². The summed E-state index contributed by atoms with van der Waals surface area (Å²) in [6.45, 7) is 4.49. The first-order chi connectivity index (χ1) is 11.3. The Morgan fingerprint density at radius 3 is 2.62 bits per heavy atom. The molecule has 2 aromatic carbocycles. The molecule has 0 spiro atoms. The molecule has 1 atom stereocenters. The van der Waals surface area contributed by atoms with E-state index in [0.29, 0.717) is 10.0 Å². The summed E-state index contributed by atoms with van der Waals surface area (Å²) in [5.74, 6) is -0.0109. The molecule has 0 N–H and O–H groups in total. The molecule has 128 valence electrons. The van der Waals surface area contributed by atoms with Crippen molar-refractivity contribution in [1.82, 2.24) is 4.90 Å². The lowest BCUT2D eigenvalue weighted by molar-refractivity contribution is 0.253. The van der Waals surface area contributed by atoms with Crippen molar-refractivity contribution in [2.24, 2.45) is 0 Å². The summed E-state index contributed by atoms with van der Waals surface area (Å²) in [5, 5.41) is 1.22. The lowest BCUT2D eigenvalue weighted by atomic mass is 9.84. The largest absolute Gasteiger partial charge is 0.298 e. The maximum absolute atomic E-state index is 11.7. The number of fused-ring (bicyclic) bond motifs is 1. The molecule has 1 heterocycles. The molecule has 2 aromatic rings. The smallest absolute Gasteiger partial charge is 0.261 e. The zero-order valence-electron chi connectivity index (χ0n) is 13.0. The Labute approximate surface area is 156 Å². The fourth-order valence-electron chi connectivity index (χ4n) is 3.15. The monoisotopic (exact) mass is 403 g/mol. The first-order valence-corrected chi connectivity index (χ1v) is 10.6. The number of nitrogens with zero attached hydrogens (tertiary/aromatic N) is 1. The number of halogens is 3. The van der Waals surface area contributed by atoms with E-state index < -0.39 is 9.05 Å². The van der Waals surface area contributed by atoms with Crippen LogP contribution in [0.2, 0.25) is 10.0 Å². The highest BCUT2D eigenvalue weighted by molar-refractivity contribution is 8.13. The Hall–Kier alpha value is -0.780. The van der Waals surface area contributed by atoms with Crippen LogP contribution in [0.5, 0.6) is 0 Å². The fraction of sp³-hybridized carbons (Fsp3) is 0.294. The van der Waals surface area contributed by atoms with E-state index in [0.717, 1.165) is 36.3 Å². The van der Waals surface area contributed by atoms with E-state index in [1.54, 1.807) is 18.2 Å². The summed E-state index contributed by atoms with van der Waals surface area (Å²) in [6, 6.07) is 10.4. The van der Waals surface area contributed by atoms with Gasteiger partial charge in [-0.15, -0.1) is 0 Å². The van der Waals surface area contributed by atoms with Crippen molar-refractivity contribution < 1.29 is 8.42 Å². The molecule has 3 nitrogen and oxygen atoms in total. The second kappa shape index (κ2) is 6.85. The van der Waals surface area contributed by atoms with E-state index in [4.69, 9.17) is 33.9 Å². The summed E-state index contributed by atoms with van der Waals surface area (Å²) in [6.07, 6.45) is 0. The van der Waals surface area contributed by atoms with Crippen LogP contribution in [0.4, 0.5) is 0 Å². The highest BCUT2D eigenvalue weighted by Gasteiger charge is 2.28. The molecule has 1 aliphatic heterocycles. The van der Waals surface area contributed by atoms with E-state index in [1.165, 1.54) is 6.07 Å². The van der Waals surface area contributed by atoms with E-state index in [9.17, 15) is 8.42 Å². The molecule has 7 heteroatoms. The molecule has 1 aliphatic rings. The van der Waals surface area contributed by atoms with Gasteiger partial charge in [0.25, 0.3) is 9.05 Å². The normalized spacial score (nSPS) is 18.4. The molecule has 3 rings (SSSR count). The number of rotatable bonds is 3. The second-order valence-electron chi connectivity index (χ2n) is 5.85. The van der Waals surface area contributed by atoms with Gasteiger partial charge in [0.05, 0.1) is 4.90 Å². The van der Waals surface area contributed by atoms with Gasteiger partial charge in [-0.2, -0.15) is 0 Å². The molecule has 0 saturated carbocycles. The number of likely N-dealkylation sites (N-methyl/N-ethyl adjacent to an activating group) is 1. The van der Waals surface area contributed by atoms with Gasteiger partial charge in [-0.25, -0.2) is 8.42 Å². The molecular formula is C17H16Cl3NO2S. The average Bonchev–Trinajstić information content (AvgIpc) is 2.53. The Balaban J connectivity index is 2.15. The second-order valence-corrected chi connectivity index (χ2v) is 9.26. The lowest BCUT2D eigenvalue weighted by Gasteiger charge is -2.35. The average molecular weight is 405 g/mol.